The van der Waals surface area contributed by atoms with Crippen molar-refractivity contribution in [3.8, 4) is 0 Å². The lowest BCUT2D eigenvalue weighted by molar-refractivity contribution is 0.0983. The molecule has 172 valence electrons. The zero-order valence-corrected chi connectivity index (χ0v) is 20.6. The number of hydrogen-bond donors (Lipinski definition) is 0. The fraction of sp³-hybridized carbons (Fsp3) is 0.280. The first kappa shape index (κ1) is 23.2. The van der Waals surface area contributed by atoms with E-state index in [2.05, 4.69) is 19.9 Å². The number of para-hydroxylation sites is 1. The van der Waals surface area contributed by atoms with Gasteiger partial charge in [-0.15, -0.1) is 0 Å². The lowest BCUT2D eigenvalue weighted by Crippen LogP contribution is -2.30. The van der Waals surface area contributed by atoms with E-state index in [0.29, 0.717) is 10.9 Å². The highest BCUT2D eigenvalue weighted by Gasteiger charge is 2.26. The van der Waals surface area contributed by atoms with Gasteiger partial charge in [0, 0.05) is 5.56 Å². The van der Waals surface area contributed by atoms with Gasteiger partial charge in [0.25, 0.3) is 5.91 Å². The minimum Gasteiger partial charge on any atom is -0.467 e. The molecule has 0 aliphatic heterocycles. The zero-order valence-electron chi connectivity index (χ0n) is 19.0. The van der Waals surface area contributed by atoms with Crippen LogP contribution in [0.3, 0.4) is 0 Å². The third-order valence-electron chi connectivity index (χ3n) is 5.46. The number of nitrogens with zero attached hydrogens (tertiary/aromatic N) is 2. The highest BCUT2D eigenvalue weighted by Crippen LogP contribution is 2.35. The highest BCUT2D eigenvalue weighted by atomic mass is 32.2. The summed E-state index contributed by atoms with van der Waals surface area (Å²) in [6.45, 7) is 7.66. The molecular formula is C25H26N2O4S2. The predicted molar refractivity (Wildman–Crippen MR) is 132 cm³/mol. The second-order valence-electron chi connectivity index (χ2n) is 8.44. The molecule has 4 aromatic rings. The van der Waals surface area contributed by atoms with E-state index in [4.69, 9.17) is 9.40 Å². The van der Waals surface area contributed by atoms with E-state index in [1.165, 1.54) is 23.5 Å². The fourth-order valence-corrected chi connectivity index (χ4v) is 5.66. The van der Waals surface area contributed by atoms with E-state index in [0.717, 1.165) is 15.8 Å². The molecule has 1 amide bonds. The fourth-order valence-electron chi connectivity index (χ4n) is 3.56. The Morgan fingerprint density at radius 3 is 2.48 bits per heavy atom. The summed E-state index contributed by atoms with van der Waals surface area (Å²) in [5.74, 6) is 0.561. The largest absolute Gasteiger partial charge is 0.467 e. The third kappa shape index (κ3) is 4.58. The lowest BCUT2D eigenvalue weighted by Gasteiger charge is -2.19. The summed E-state index contributed by atoms with van der Waals surface area (Å²) in [6.07, 6.45) is 1.56. The van der Waals surface area contributed by atoms with E-state index in [9.17, 15) is 13.2 Å². The molecule has 0 atom stereocenters. The molecule has 2 aromatic carbocycles. The molecule has 0 bridgehead atoms. The third-order valence-corrected chi connectivity index (χ3v) is 8.66. The zero-order chi connectivity index (χ0) is 23.8. The molecule has 8 heteroatoms. The molecule has 0 saturated heterocycles. The monoisotopic (exact) mass is 482 g/mol. The van der Waals surface area contributed by atoms with Crippen molar-refractivity contribution in [2.24, 2.45) is 0 Å². The van der Waals surface area contributed by atoms with Crippen molar-refractivity contribution in [1.82, 2.24) is 4.98 Å². The first-order chi connectivity index (χ1) is 15.7. The van der Waals surface area contributed by atoms with Crippen molar-refractivity contribution in [3.05, 3.63) is 77.7 Å². The van der Waals surface area contributed by atoms with Crippen molar-refractivity contribution in [1.29, 1.82) is 0 Å². The molecule has 0 fully saturated rings. The van der Waals surface area contributed by atoms with Gasteiger partial charge in [0.1, 0.15) is 5.76 Å². The number of thiazole rings is 1. The number of aromatic nitrogens is 1. The number of rotatable bonds is 7. The second-order valence-corrected chi connectivity index (χ2v) is 12.0. The van der Waals surface area contributed by atoms with Gasteiger partial charge in [-0.3, -0.25) is 9.69 Å². The summed E-state index contributed by atoms with van der Waals surface area (Å²) in [4.78, 5) is 20.2. The number of anilines is 1. The Morgan fingerprint density at radius 2 is 1.82 bits per heavy atom. The van der Waals surface area contributed by atoms with Crippen LogP contribution in [0.1, 0.15) is 55.3 Å². The number of sulfone groups is 1. The Labute approximate surface area is 197 Å². The molecule has 0 N–H and O–H groups in total. The van der Waals surface area contributed by atoms with Crippen LogP contribution in [0.25, 0.3) is 10.2 Å². The molecule has 0 aliphatic carbocycles. The van der Waals surface area contributed by atoms with Gasteiger partial charge in [0.2, 0.25) is 0 Å². The van der Waals surface area contributed by atoms with Crippen molar-refractivity contribution in [2.75, 3.05) is 4.90 Å². The number of benzene rings is 2. The van der Waals surface area contributed by atoms with Crippen LogP contribution >= 0.6 is 11.3 Å². The first-order valence-corrected chi connectivity index (χ1v) is 13.1. The number of amides is 1. The number of carbonyl (C=O) groups is 1. The Morgan fingerprint density at radius 1 is 1.06 bits per heavy atom. The number of fused-ring (bicyclic) bond motifs is 1. The Balaban J connectivity index is 1.80. The van der Waals surface area contributed by atoms with Gasteiger partial charge in [0.15, 0.2) is 15.0 Å². The quantitative estimate of drug-likeness (QED) is 0.321. The average molecular weight is 483 g/mol. The van der Waals surface area contributed by atoms with Crippen LogP contribution in [0.15, 0.2) is 70.2 Å². The number of carbonyl (C=O) groups excluding carboxylic acids is 1. The van der Waals surface area contributed by atoms with Crippen molar-refractivity contribution >= 4 is 42.4 Å². The van der Waals surface area contributed by atoms with E-state index < -0.39 is 15.1 Å². The summed E-state index contributed by atoms with van der Waals surface area (Å²) in [7, 11) is -3.51. The van der Waals surface area contributed by atoms with Crippen LogP contribution in [0, 0.1) is 0 Å². The summed E-state index contributed by atoms with van der Waals surface area (Å²) in [6, 6.07) is 15.8. The maximum atomic E-state index is 13.7. The summed E-state index contributed by atoms with van der Waals surface area (Å²) >= 11 is 1.43. The van der Waals surface area contributed by atoms with Crippen LogP contribution in [-0.4, -0.2) is 24.6 Å². The standard InChI is InChI=1S/C25H26N2O4S2/c1-16(2)21-11-6-12-22-23(21)26-25(32-22)27(15-19-9-7-13-31-19)24(28)18-8-5-10-20(14-18)33(29,30)17(3)4/h5-14,16-17H,15H2,1-4H3. The van der Waals surface area contributed by atoms with Crippen LogP contribution in [0.2, 0.25) is 0 Å². The number of hydrogen-bond acceptors (Lipinski definition) is 6. The molecule has 0 spiro atoms. The lowest BCUT2D eigenvalue weighted by atomic mass is 10.0. The van der Waals surface area contributed by atoms with E-state index in [1.807, 2.05) is 12.1 Å². The molecule has 0 radical (unpaired) electrons. The molecule has 4 rings (SSSR count). The minimum atomic E-state index is -3.51. The van der Waals surface area contributed by atoms with Crippen molar-refractivity contribution in [3.63, 3.8) is 0 Å². The van der Waals surface area contributed by atoms with E-state index in [1.54, 1.807) is 49.3 Å². The topological polar surface area (TPSA) is 80.5 Å². The Kier molecular flexibility index (Phi) is 6.41. The van der Waals surface area contributed by atoms with E-state index >= 15 is 0 Å². The predicted octanol–water partition coefficient (Wildman–Crippen LogP) is 6.04. The van der Waals surface area contributed by atoms with E-state index in [-0.39, 0.29) is 28.8 Å². The second kappa shape index (κ2) is 9.11. The highest BCUT2D eigenvalue weighted by molar-refractivity contribution is 7.92. The summed E-state index contributed by atoms with van der Waals surface area (Å²) in [5.41, 5.74) is 2.28. The first-order valence-electron chi connectivity index (χ1n) is 10.8. The van der Waals surface area contributed by atoms with Gasteiger partial charge < -0.3 is 4.42 Å². The average Bonchev–Trinajstić information content (AvgIpc) is 3.46. The molecule has 0 unspecified atom stereocenters. The van der Waals surface area contributed by atoms with Gasteiger partial charge in [-0.1, -0.05) is 43.4 Å². The SMILES string of the molecule is CC(C)c1cccc2sc(N(Cc3ccco3)C(=O)c3cccc(S(=O)(=O)C(C)C)c3)nc12. The normalized spacial score (nSPS) is 12.1. The molecular weight excluding hydrogens is 456 g/mol. The smallest absolute Gasteiger partial charge is 0.260 e. The molecule has 2 aromatic heterocycles. The maximum Gasteiger partial charge on any atom is 0.260 e. The summed E-state index contributed by atoms with van der Waals surface area (Å²) < 4.78 is 31.8. The molecule has 2 heterocycles. The van der Waals surface area contributed by atoms with Crippen LogP contribution < -0.4 is 4.90 Å². The van der Waals surface area contributed by atoms with Crippen molar-refractivity contribution in [2.45, 2.75) is 50.3 Å². The van der Waals surface area contributed by atoms with Crippen LogP contribution in [-0.2, 0) is 16.4 Å². The maximum absolute atomic E-state index is 13.7. The minimum absolute atomic E-state index is 0.132. The molecule has 0 aliphatic rings. The molecule has 0 saturated carbocycles. The van der Waals surface area contributed by atoms with Crippen molar-refractivity contribution < 1.29 is 17.6 Å². The van der Waals surface area contributed by atoms with Gasteiger partial charge in [-0.05, 0) is 61.7 Å². The van der Waals surface area contributed by atoms with Crippen LogP contribution in [0.4, 0.5) is 5.13 Å². The molecule has 6 nitrogen and oxygen atoms in total. The Bertz CT molecular complexity index is 1390. The number of furan rings is 1. The Hall–Kier alpha value is -2.97. The van der Waals surface area contributed by atoms with Gasteiger partial charge in [0.05, 0.1) is 33.2 Å². The van der Waals surface area contributed by atoms with Crippen LogP contribution in [0.5, 0.6) is 0 Å². The van der Waals surface area contributed by atoms with Gasteiger partial charge in [-0.25, -0.2) is 13.4 Å². The van der Waals surface area contributed by atoms with Gasteiger partial charge >= 0.3 is 0 Å². The summed E-state index contributed by atoms with van der Waals surface area (Å²) in [5, 5.41) is -0.0441. The van der Waals surface area contributed by atoms with Gasteiger partial charge in [-0.2, -0.15) is 0 Å². The molecule has 33 heavy (non-hydrogen) atoms.